The molecule has 2 aromatic rings. The number of benzene rings is 1. The molecule has 1 aromatic carbocycles. The summed E-state index contributed by atoms with van der Waals surface area (Å²) in [4.78, 5) is 0. The maximum atomic E-state index is 6.33. The minimum atomic E-state index is 0.199. The molecule has 1 N–H and O–H groups in total. The van der Waals surface area contributed by atoms with Crippen LogP contribution in [0.4, 0.5) is 0 Å². The molecule has 1 heterocycles. The van der Waals surface area contributed by atoms with Gasteiger partial charge >= 0.3 is 0 Å². The molecule has 0 amide bonds. The molecule has 0 aliphatic rings. The molecule has 0 fully saturated rings. The zero-order valence-corrected chi connectivity index (χ0v) is 14.5. The highest BCUT2D eigenvalue weighted by Gasteiger charge is 2.19. The highest BCUT2D eigenvalue weighted by Crippen LogP contribution is 2.30. The van der Waals surface area contributed by atoms with E-state index in [1.165, 1.54) is 11.1 Å². The van der Waals surface area contributed by atoms with Crippen LogP contribution in [0, 0.1) is 13.8 Å². The van der Waals surface area contributed by atoms with Gasteiger partial charge in [-0.05, 0) is 38.9 Å². The summed E-state index contributed by atoms with van der Waals surface area (Å²) < 4.78 is 2.84. The SMILES string of the molecule is CNC(Cc1c(C)nn(C)c1Cl)c1cc(C)ccc1Br. The van der Waals surface area contributed by atoms with Crippen molar-refractivity contribution in [1.29, 1.82) is 0 Å². The van der Waals surface area contributed by atoms with Crippen molar-refractivity contribution in [2.24, 2.45) is 7.05 Å². The van der Waals surface area contributed by atoms with Crippen molar-refractivity contribution < 1.29 is 0 Å². The average molecular weight is 357 g/mol. The second-order valence-corrected chi connectivity index (χ2v) is 6.26. The number of hydrogen-bond acceptors (Lipinski definition) is 2. The smallest absolute Gasteiger partial charge is 0.130 e. The molecule has 0 aliphatic heterocycles. The molecule has 1 atom stereocenters. The molecule has 5 heteroatoms. The normalized spacial score (nSPS) is 12.7. The summed E-state index contributed by atoms with van der Waals surface area (Å²) in [6.45, 7) is 4.10. The van der Waals surface area contributed by atoms with Gasteiger partial charge in [-0.25, -0.2) is 0 Å². The molecule has 0 bridgehead atoms. The van der Waals surface area contributed by atoms with E-state index in [0.29, 0.717) is 5.15 Å². The van der Waals surface area contributed by atoms with E-state index in [1.54, 1.807) is 4.68 Å². The van der Waals surface area contributed by atoms with Gasteiger partial charge in [-0.3, -0.25) is 4.68 Å². The van der Waals surface area contributed by atoms with E-state index in [0.717, 1.165) is 22.2 Å². The fourth-order valence-corrected chi connectivity index (χ4v) is 3.18. The Balaban J connectivity index is 2.36. The summed E-state index contributed by atoms with van der Waals surface area (Å²) in [6.07, 6.45) is 0.817. The van der Waals surface area contributed by atoms with E-state index in [2.05, 4.69) is 51.5 Å². The first kappa shape index (κ1) is 15.5. The van der Waals surface area contributed by atoms with Crippen LogP contribution in [0.1, 0.15) is 28.4 Å². The molecule has 20 heavy (non-hydrogen) atoms. The Labute approximate surface area is 133 Å². The first-order valence-electron chi connectivity index (χ1n) is 6.55. The van der Waals surface area contributed by atoms with Gasteiger partial charge in [-0.15, -0.1) is 0 Å². The number of rotatable bonds is 4. The lowest BCUT2D eigenvalue weighted by molar-refractivity contribution is 0.588. The number of likely N-dealkylation sites (N-methyl/N-ethyl adjacent to an activating group) is 1. The van der Waals surface area contributed by atoms with Gasteiger partial charge in [-0.2, -0.15) is 5.10 Å². The first-order chi connectivity index (χ1) is 9.43. The molecular formula is C15H19BrClN3. The Hall–Kier alpha value is -0.840. The molecule has 1 unspecified atom stereocenters. The van der Waals surface area contributed by atoms with Crippen molar-refractivity contribution in [1.82, 2.24) is 15.1 Å². The molecule has 0 saturated carbocycles. The van der Waals surface area contributed by atoms with Crippen LogP contribution >= 0.6 is 27.5 Å². The van der Waals surface area contributed by atoms with Gasteiger partial charge in [0.25, 0.3) is 0 Å². The van der Waals surface area contributed by atoms with Crippen molar-refractivity contribution >= 4 is 27.5 Å². The minimum Gasteiger partial charge on any atom is -0.313 e. The quantitative estimate of drug-likeness (QED) is 0.899. The number of aryl methyl sites for hydroxylation is 3. The third kappa shape index (κ3) is 3.08. The van der Waals surface area contributed by atoms with Crippen LogP contribution in [0.2, 0.25) is 5.15 Å². The van der Waals surface area contributed by atoms with E-state index < -0.39 is 0 Å². The van der Waals surface area contributed by atoms with Crippen molar-refractivity contribution in [3.63, 3.8) is 0 Å². The summed E-state index contributed by atoms with van der Waals surface area (Å²) in [5, 5.41) is 8.46. The van der Waals surface area contributed by atoms with Gasteiger partial charge in [0.15, 0.2) is 0 Å². The number of halogens is 2. The predicted molar refractivity (Wildman–Crippen MR) is 87.3 cm³/mol. The minimum absolute atomic E-state index is 0.199. The summed E-state index contributed by atoms with van der Waals surface area (Å²) >= 11 is 9.97. The molecule has 0 saturated heterocycles. The molecular weight excluding hydrogens is 338 g/mol. The van der Waals surface area contributed by atoms with Crippen LogP contribution in [0.25, 0.3) is 0 Å². The van der Waals surface area contributed by atoms with Gasteiger partial charge in [0.1, 0.15) is 5.15 Å². The lowest BCUT2D eigenvalue weighted by atomic mass is 9.98. The van der Waals surface area contributed by atoms with Crippen LogP contribution in [0.15, 0.2) is 22.7 Å². The lowest BCUT2D eigenvalue weighted by Crippen LogP contribution is -2.19. The second kappa shape index (κ2) is 6.29. The molecule has 3 nitrogen and oxygen atoms in total. The Kier molecular flexibility index (Phi) is 4.89. The van der Waals surface area contributed by atoms with Crippen molar-refractivity contribution in [2.75, 3.05) is 7.05 Å². The predicted octanol–water partition coefficient (Wildman–Crippen LogP) is 3.96. The van der Waals surface area contributed by atoms with E-state index in [1.807, 2.05) is 21.0 Å². The van der Waals surface area contributed by atoms with Crippen molar-refractivity contribution in [3.05, 3.63) is 50.2 Å². The standard InChI is InChI=1S/C15H19BrClN3/c1-9-5-6-13(16)12(7-9)14(18-3)8-11-10(2)19-20(4)15(11)17/h5-7,14,18H,8H2,1-4H3. The number of nitrogens with zero attached hydrogens (tertiary/aromatic N) is 2. The Morgan fingerprint density at radius 2 is 2.10 bits per heavy atom. The van der Waals surface area contributed by atoms with E-state index in [4.69, 9.17) is 11.6 Å². The zero-order valence-electron chi connectivity index (χ0n) is 12.2. The van der Waals surface area contributed by atoms with Crippen LogP contribution in [-0.2, 0) is 13.5 Å². The number of aromatic nitrogens is 2. The van der Waals surface area contributed by atoms with Crippen molar-refractivity contribution in [2.45, 2.75) is 26.3 Å². The van der Waals surface area contributed by atoms with E-state index in [-0.39, 0.29) is 6.04 Å². The van der Waals surface area contributed by atoms with Gasteiger partial charge in [-0.1, -0.05) is 45.2 Å². The Morgan fingerprint density at radius 3 is 2.65 bits per heavy atom. The molecule has 0 spiro atoms. The largest absolute Gasteiger partial charge is 0.313 e. The molecule has 0 radical (unpaired) electrons. The lowest BCUT2D eigenvalue weighted by Gasteiger charge is -2.19. The molecule has 1 aromatic heterocycles. The highest BCUT2D eigenvalue weighted by atomic mass is 79.9. The number of nitrogens with one attached hydrogen (secondary N) is 1. The van der Waals surface area contributed by atoms with Crippen LogP contribution < -0.4 is 5.32 Å². The molecule has 108 valence electrons. The van der Waals surface area contributed by atoms with Crippen LogP contribution in [0.5, 0.6) is 0 Å². The monoisotopic (exact) mass is 355 g/mol. The number of hydrogen-bond donors (Lipinski definition) is 1. The molecule has 2 rings (SSSR count). The summed E-state index contributed by atoms with van der Waals surface area (Å²) in [5.41, 5.74) is 4.58. The topological polar surface area (TPSA) is 29.9 Å². The Morgan fingerprint density at radius 1 is 1.40 bits per heavy atom. The second-order valence-electron chi connectivity index (χ2n) is 5.05. The fourth-order valence-electron chi connectivity index (χ4n) is 2.41. The van der Waals surface area contributed by atoms with Gasteiger partial charge in [0.2, 0.25) is 0 Å². The fraction of sp³-hybridized carbons (Fsp3) is 0.400. The summed E-state index contributed by atoms with van der Waals surface area (Å²) in [7, 11) is 3.84. The molecule has 0 aliphatic carbocycles. The van der Waals surface area contributed by atoms with Gasteiger partial charge in [0, 0.05) is 23.1 Å². The first-order valence-corrected chi connectivity index (χ1v) is 7.72. The summed E-state index contributed by atoms with van der Waals surface area (Å²) in [5.74, 6) is 0. The van der Waals surface area contributed by atoms with Gasteiger partial charge in [0.05, 0.1) is 5.69 Å². The third-order valence-corrected chi connectivity index (χ3v) is 4.75. The van der Waals surface area contributed by atoms with Crippen LogP contribution in [-0.4, -0.2) is 16.8 Å². The highest BCUT2D eigenvalue weighted by molar-refractivity contribution is 9.10. The summed E-state index contributed by atoms with van der Waals surface area (Å²) in [6, 6.07) is 6.59. The third-order valence-electron chi connectivity index (χ3n) is 3.55. The van der Waals surface area contributed by atoms with E-state index >= 15 is 0 Å². The Bertz CT molecular complexity index is 622. The van der Waals surface area contributed by atoms with Crippen molar-refractivity contribution in [3.8, 4) is 0 Å². The maximum Gasteiger partial charge on any atom is 0.130 e. The van der Waals surface area contributed by atoms with Gasteiger partial charge < -0.3 is 5.32 Å². The zero-order chi connectivity index (χ0) is 14.9. The van der Waals surface area contributed by atoms with Crippen LogP contribution in [0.3, 0.4) is 0 Å². The maximum absolute atomic E-state index is 6.33. The average Bonchev–Trinajstić information content (AvgIpc) is 2.65. The van der Waals surface area contributed by atoms with E-state index in [9.17, 15) is 0 Å².